The first-order chi connectivity index (χ1) is 3.80. The summed E-state index contributed by atoms with van der Waals surface area (Å²) in [6.07, 6.45) is 5.14. The standard InChI is InChI=1S/C5H8.2ClH.Zr/c1-2-4-5-3-1;;;/h1-4H2;2*1H;/q;;;+2/p-2. The molecule has 1 fully saturated rings. The fourth-order valence-electron chi connectivity index (χ4n) is 0.991. The molecule has 3 heteroatoms. The molecular weight excluding hydrogens is 222 g/mol. The zero-order valence-corrected chi connectivity index (χ0v) is 8.55. The van der Waals surface area contributed by atoms with Crippen molar-refractivity contribution in [2.75, 3.05) is 0 Å². The molecule has 0 aromatic rings. The maximum absolute atomic E-state index is 5.81. The summed E-state index contributed by atoms with van der Waals surface area (Å²) in [5, 5.41) is 0. The van der Waals surface area contributed by atoms with Gasteiger partial charge in [-0.2, -0.15) is 0 Å². The van der Waals surface area contributed by atoms with Crippen LogP contribution in [0.2, 0.25) is 0 Å². The topological polar surface area (TPSA) is 0 Å². The van der Waals surface area contributed by atoms with Gasteiger partial charge in [0.05, 0.1) is 0 Å². The molecule has 0 saturated heterocycles. The molecule has 0 spiro atoms. The van der Waals surface area contributed by atoms with Gasteiger partial charge >= 0.3 is 64.8 Å². The zero-order chi connectivity index (χ0) is 5.98. The van der Waals surface area contributed by atoms with Crippen molar-refractivity contribution in [3.05, 3.63) is 0 Å². The van der Waals surface area contributed by atoms with Crippen LogP contribution in [0.5, 0.6) is 0 Å². The van der Waals surface area contributed by atoms with Crippen LogP contribution in [0.15, 0.2) is 0 Å². The minimum absolute atomic E-state index is 1.24. The Bertz CT molecular complexity index is 108. The molecule has 0 unspecified atom stereocenters. The Labute approximate surface area is 64.4 Å². The Morgan fingerprint density at radius 1 is 1.12 bits per heavy atom. The third-order valence-corrected chi connectivity index (χ3v) is 7.18. The van der Waals surface area contributed by atoms with E-state index in [1.54, 1.807) is 0 Å². The van der Waals surface area contributed by atoms with E-state index in [0.717, 1.165) is 0 Å². The van der Waals surface area contributed by atoms with Crippen molar-refractivity contribution >= 4 is 20.2 Å². The predicted octanol–water partition coefficient (Wildman–Crippen LogP) is 2.66. The van der Waals surface area contributed by atoms with Gasteiger partial charge in [-0.3, -0.25) is 0 Å². The quantitative estimate of drug-likeness (QED) is 0.600. The summed E-state index contributed by atoms with van der Waals surface area (Å²) in [6, 6.07) is 0. The van der Waals surface area contributed by atoms with E-state index < -0.39 is 18.9 Å². The summed E-state index contributed by atoms with van der Waals surface area (Å²) in [6.45, 7) is 0. The molecule has 0 bridgehead atoms. The average Bonchev–Trinajstić information content (AvgIpc) is 2.12. The maximum atomic E-state index is 5.81. The molecule has 0 aromatic heterocycles. The molecule has 8 heavy (non-hydrogen) atoms. The van der Waals surface area contributed by atoms with Crippen LogP contribution in [0.4, 0.5) is 0 Å². The molecule has 0 nitrogen and oxygen atoms in total. The van der Waals surface area contributed by atoms with Gasteiger partial charge in [-0.15, -0.1) is 0 Å². The summed E-state index contributed by atoms with van der Waals surface area (Å²) >= 11 is -1.85. The first kappa shape index (κ1) is 7.44. The Kier molecular flexibility index (Phi) is 3.24. The van der Waals surface area contributed by atoms with Gasteiger partial charge in [0.15, 0.2) is 0 Å². The van der Waals surface area contributed by atoms with E-state index >= 15 is 0 Å². The molecule has 0 radical (unpaired) electrons. The van der Waals surface area contributed by atoms with Gasteiger partial charge in [0.2, 0.25) is 0 Å². The van der Waals surface area contributed by atoms with Gasteiger partial charge in [-0.25, -0.2) is 0 Å². The second-order valence-corrected chi connectivity index (χ2v) is 10.7. The van der Waals surface area contributed by atoms with Crippen LogP contribution in [-0.4, -0.2) is 3.21 Å². The van der Waals surface area contributed by atoms with Gasteiger partial charge < -0.3 is 0 Å². The third-order valence-electron chi connectivity index (χ3n) is 1.47. The molecule has 0 N–H and O–H groups in total. The third kappa shape index (κ3) is 1.93. The van der Waals surface area contributed by atoms with Crippen molar-refractivity contribution in [3.63, 3.8) is 0 Å². The van der Waals surface area contributed by atoms with Crippen LogP contribution in [0, 0.1) is 0 Å². The molecule has 0 atom stereocenters. The van der Waals surface area contributed by atoms with E-state index in [-0.39, 0.29) is 0 Å². The second-order valence-electron chi connectivity index (χ2n) is 2.07. The molecule has 1 rings (SSSR count). The van der Waals surface area contributed by atoms with E-state index in [9.17, 15) is 0 Å². The van der Waals surface area contributed by atoms with Gasteiger partial charge in [0.25, 0.3) is 0 Å². The first-order valence-corrected chi connectivity index (χ1v) is 10.4. The van der Waals surface area contributed by atoms with Crippen LogP contribution >= 0.6 is 17.0 Å². The van der Waals surface area contributed by atoms with E-state index in [2.05, 4.69) is 0 Å². The van der Waals surface area contributed by atoms with E-state index in [1.807, 2.05) is 0 Å². The predicted molar refractivity (Wildman–Crippen MR) is 35.2 cm³/mol. The number of hydrogen-bond donors (Lipinski definition) is 0. The van der Waals surface area contributed by atoms with Crippen molar-refractivity contribution < 1.29 is 18.9 Å². The Morgan fingerprint density at radius 2 is 1.62 bits per heavy atom. The van der Waals surface area contributed by atoms with Crippen LogP contribution < -0.4 is 0 Å². The molecule has 0 amide bonds. The molecule has 0 heterocycles. The summed E-state index contributed by atoms with van der Waals surface area (Å²) in [7, 11) is 11.6. The fraction of sp³-hybridized carbons (Fsp3) is 0.800. The second kappa shape index (κ2) is 3.49. The fourth-order valence-corrected chi connectivity index (χ4v) is 5.02. The molecule has 1 aliphatic carbocycles. The summed E-state index contributed by atoms with van der Waals surface area (Å²) in [5.74, 6) is 0. The average molecular weight is 230 g/mol. The zero-order valence-electron chi connectivity index (χ0n) is 4.58. The Hall–Kier alpha value is 1.33. The summed E-state index contributed by atoms with van der Waals surface area (Å²) in [4.78, 5) is 0. The van der Waals surface area contributed by atoms with Crippen molar-refractivity contribution in [2.24, 2.45) is 0 Å². The molecule has 0 aromatic carbocycles. The molecular formula is C5H8Cl2Zr. The van der Waals surface area contributed by atoms with Gasteiger partial charge in [-0.1, -0.05) is 0 Å². The first-order valence-electron chi connectivity index (χ1n) is 2.84. The SMILES string of the molecule is [Cl][Zr]([Cl])=[C]1CCCC1. The van der Waals surface area contributed by atoms with Crippen LogP contribution in [-0.2, 0) is 18.9 Å². The van der Waals surface area contributed by atoms with Crippen LogP contribution in [0.3, 0.4) is 0 Å². The molecule has 1 aliphatic rings. The van der Waals surface area contributed by atoms with Crippen molar-refractivity contribution in [1.82, 2.24) is 0 Å². The van der Waals surface area contributed by atoms with E-state index in [1.165, 1.54) is 28.9 Å². The van der Waals surface area contributed by atoms with Crippen molar-refractivity contribution in [1.29, 1.82) is 0 Å². The number of halogens is 2. The number of hydrogen-bond acceptors (Lipinski definition) is 0. The van der Waals surface area contributed by atoms with Crippen molar-refractivity contribution in [3.8, 4) is 0 Å². The van der Waals surface area contributed by atoms with E-state index in [4.69, 9.17) is 17.0 Å². The van der Waals surface area contributed by atoms with Crippen LogP contribution in [0.1, 0.15) is 25.7 Å². The molecule has 0 aliphatic heterocycles. The number of rotatable bonds is 0. The van der Waals surface area contributed by atoms with E-state index in [0.29, 0.717) is 0 Å². The Morgan fingerprint density at radius 3 is 1.88 bits per heavy atom. The van der Waals surface area contributed by atoms with Gasteiger partial charge in [-0.05, 0) is 0 Å². The molecule has 1 saturated carbocycles. The monoisotopic (exact) mass is 228 g/mol. The Balaban J connectivity index is 2.58. The molecule has 46 valence electrons. The van der Waals surface area contributed by atoms with Gasteiger partial charge in [0.1, 0.15) is 0 Å². The summed E-state index contributed by atoms with van der Waals surface area (Å²) < 4.78 is 1.52. The van der Waals surface area contributed by atoms with Crippen LogP contribution in [0.25, 0.3) is 0 Å². The minimum atomic E-state index is -1.85. The summed E-state index contributed by atoms with van der Waals surface area (Å²) in [5.41, 5.74) is 0. The normalized spacial score (nSPS) is 19.5. The van der Waals surface area contributed by atoms with Crippen molar-refractivity contribution in [2.45, 2.75) is 25.7 Å². The van der Waals surface area contributed by atoms with Gasteiger partial charge in [0, 0.05) is 0 Å².